The Morgan fingerprint density at radius 2 is 1.92 bits per heavy atom. The van der Waals surface area contributed by atoms with E-state index in [2.05, 4.69) is 17.0 Å². The van der Waals surface area contributed by atoms with Crippen LogP contribution in [-0.4, -0.2) is 47.1 Å². The number of hydrogen-bond donors (Lipinski definition) is 1. The molecular formula is C21H24N2O3. The van der Waals surface area contributed by atoms with Crippen LogP contribution in [-0.2, 0) is 9.59 Å². The normalized spacial score (nSPS) is 24.9. The zero-order valence-corrected chi connectivity index (χ0v) is 15.0. The lowest BCUT2D eigenvalue weighted by molar-refractivity contribution is -0.142. The van der Waals surface area contributed by atoms with Crippen molar-refractivity contribution >= 4 is 28.3 Å². The second-order valence-corrected chi connectivity index (χ2v) is 7.29. The van der Waals surface area contributed by atoms with Gasteiger partial charge in [0, 0.05) is 24.0 Å². The Labute approximate surface area is 153 Å². The Hall–Kier alpha value is -2.40. The van der Waals surface area contributed by atoms with Crippen LogP contribution < -0.4 is 4.90 Å². The zero-order valence-electron chi connectivity index (χ0n) is 15.0. The van der Waals surface area contributed by atoms with Crippen LogP contribution in [0.3, 0.4) is 0 Å². The van der Waals surface area contributed by atoms with Crippen LogP contribution in [0.4, 0.5) is 5.69 Å². The van der Waals surface area contributed by atoms with Gasteiger partial charge in [0.2, 0.25) is 5.91 Å². The molecule has 1 N–H and O–H groups in total. The molecule has 3 unspecified atom stereocenters. The van der Waals surface area contributed by atoms with Crippen LogP contribution in [0.1, 0.15) is 26.2 Å². The number of carboxylic acid groups (broad SMARTS) is 1. The highest BCUT2D eigenvalue weighted by Gasteiger charge is 2.49. The topological polar surface area (TPSA) is 60.9 Å². The van der Waals surface area contributed by atoms with Gasteiger partial charge in [-0.15, -0.1) is 0 Å². The van der Waals surface area contributed by atoms with E-state index in [1.54, 1.807) is 0 Å². The molecule has 0 aromatic heterocycles. The fourth-order valence-corrected chi connectivity index (χ4v) is 4.78. The number of amides is 1. The first-order chi connectivity index (χ1) is 12.6. The number of likely N-dealkylation sites (N-methyl/N-ethyl adjacent to an activating group) is 1. The number of benzene rings is 2. The molecule has 2 fully saturated rings. The van der Waals surface area contributed by atoms with Crippen molar-refractivity contribution in [3.8, 4) is 0 Å². The third-order valence-electron chi connectivity index (χ3n) is 5.99. The Morgan fingerprint density at radius 3 is 2.65 bits per heavy atom. The maximum atomic E-state index is 13.1. The van der Waals surface area contributed by atoms with Gasteiger partial charge in [-0.25, -0.2) is 0 Å². The van der Waals surface area contributed by atoms with Crippen LogP contribution in [0.15, 0.2) is 42.5 Å². The standard InChI is InChI=1S/C21H24N2O3/c1-2-22(18-9-5-7-14-6-3-4-8-16(14)18)20(24)13-23-15-10-11-19(23)17(12-15)21(25)26/h3-9,15,17,19H,2,10-13H2,1H3,(H,25,26). The van der Waals surface area contributed by atoms with Crippen molar-refractivity contribution < 1.29 is 14.7 Å². The molecule has 5 nitrogen and oxygen atoms in total. The number of nitrogens with zero attached hydrogens (tertiary/aromatic N) is 2. The molecule has 3 atom stereocenters. The monoisotopic (exact) mass is 352 g/mol. The highest BCUT2D eigenvalue weighted by Crippen LogP contribution is 2.41. The van der Waals surface area contributed by atoms with E-state index < -0.39 is 5.97 Å². The maximum Gasteiger partial charge on any atom is 0.308 e. The molecule has 0 spiro atoms. The summed E-state index contributed by atoms with van der Waals surface area (Å²) in [6, 6.07) is 14.3. The molecule has 0 radical (unpaired) electrons. The molecule has 2 aliphatic rings. The van der Waals surface area contributed by atoms with E-state index in [1.165, 1.54) is 0 Å². The molecule has 2 bridgehead atoms. The summed E-state index contributed by atoms with van der Waals surface area (Å²) in [6.45, 7) is 2.88. The van der Waals surface area contributed by atoms with Gasteiger partial charge in [0.25, 0.3) is 0 Å². The number of carbonyl (C=O) groups is 2. The highest BCUT2D eigenvalue weighted by molar-refractivity contribution is 6.04. The van der Waals surface area contributed by atoms with Crippen LogP contribution in [0.2, 0.25) is 0 Å². The number of hydrogen-bond acceptors (Lipinski definition) is 3. The van der Waals surface area contributed by atoms with Gasteiger partial charge in [0.15, 0.2) is 0 Å². The van der Waals surface area contributed by atoms with E-state index in [4.69, 9.17) is 0 Å². The van der Waals surface area contributed by atoms with Crippen LogP contribution in [0.25, 0.3) is 10.8 Å². The summed E-state index contributed by atoms with van der Waals surface area (Å²) in [5.74, 6) is -1.00. The van der Waals surface area contributed by atoms with Crippen LogP contribution >= 0.6 is 0 Å². The third-order valence-corrected chi connectivity index (χ3v) is 5.99. The third kappa shape index (κ3) is 2.76. The molecular weight excluding hydrogens is 328 g/mol. The molecule has 136 valence electrons. The highest BCUT2D eigenvalue weighted by atomic mass is 16.4. The minimum Gasteiger partial charge on any atom is -0.481 e. The van der Waals surface area contributed by atoms with E-state index in [0.717, 1.165) is 29.3 Å². The summed E-state index contributed by atoms with van der Waals surface area (Å²) in [5.41, 5.74) is 0.928. The second kappa shape index (κ2) is 6.72. The molecule has 2 aromatic rings. The first-order valence-corrected chi connectivity index (χ1v) is 9.36. The number of carbonyl (C=O) groups excluding carboxylic acids is 1. The molecule has 26 heavy (non-hydrogen) atoms. The lowest BCUT2D eigenvalue weighted by Crippen LogP contribution is -2.43. The van der Waals surface area contributed by atoms with E-state index >= 15 is 0 Å². The van der Waals surface area contributed by atoms with E-state index in [-0.39, 0.29) is 23.9 Å². The summed E-state index contributed by atoms with van der Waals surface area (Å²) >= 11 is 0. The molecule has 1 amide bonds. The van der Waals surface area contributed by atoms with Gasteiger partial charge in [-0.2, -0.15) is 0 Å². The SMILES string of the molecule is CCN(C(=O)CN1C2CCC1C(C(=O)O)C2)c1cccc2ccccc12. The fraction of sp³-hybridized carbons (Fsp3) is 0.429. The molecule has 2 heterocycles. The quantitative estimate of drug-likeness (QED) is 0.898. The summed E-state index contributed by atoms with van der Waals surface area (Å²) in [6.07, 6.45) is 2.56. The zero-order chi connectivity index (χ0) is 18.3. The van der Waals surface area contributed by atoms with Crippen LogP contribution in [0.5, 0.6) is 0 Å². The van der Waals surface area contributed by atoms with Crippen molar-refractivity contribution in [1.29, 1.82) is 0 Å². The van der Waals surface area contributed by atoms with Crippen molar-refractivity contribution in [3.05, 3.63) is 42.5 Å². The summed E-state index contributed by atoms with van der Waals surface area (Å²) in [5, 5.41) is 11.6. The molecule has 2 saturated heterocycles. The van der Waals surface area contributed by atoms with Crippen molar-refractivity contribution in [2.24, 2.45) is 5.92 Å². The van der Waals surface area contributed by atoms with Gasteiger partial charge in [-0.05, 0) is 37.6 Å². The van der Waals surface area contributed by atoms with Gasteiger partial charge in [-0.3, -0.25) is 14.5 Å². The number of carboxylic acids is 1. The number of aliphatic carboxylic acids is 1. The predicted octanol–water partition coefficient (Wildman–Crippen LogP) is 3.13. The average Bonchev–Trinajstić information content (AvgIpc) is 3.19. The van der Waals surface area contributed by atoms with Crippen molar-refractivity contribution in [3.63, 3.8) is 0 Å². The van der Waals surface area contributed by atoms with Gasteiger partial charge >= 0.3 is 5.97 Å². The number of rotatable bonds is 5. The minimum absolute atomic E-state index is 0.00711. The predicted molar refractivity (Wildman–Crippen MR) is 101 cm³/mol. The summed E-state index contributed by atoms with van der Waals surface area (Å²) < 4.78 is 0. The largest absolute Gasteiger partial charge is 0.481 e. The lowest BCUT2D eigenvalue weighted by Gasteiger charge is -2.28. The maximum absolute atomic E-state index is 13.1. The molecule has 4 rings (SSSR count). The lowest BCUT2D eigenvalue weighted by atomic mass is 9.89. The van der Waals surface area contributed by atoms with E-state index in [0.29, 0.717) is 19.5 Å². The van der Waals surface area contributed by atoms with Gasteiger partial charge < -0.3 is 10.0 Å². The van der Waals surface area contributed by atoms with Crippen LogP contribution in [0, 0.1) is 5.92 Å². The number of fused-ring (bicyclic) bond motifs is 3. The molecule has 0 aliphatic carbocycles. The number of anilines is 1. The van der Waals surface area contributed by atoms with Crippen molar-refractivity contribution in [1.82, 2.24) is 4.90 Å². The fourth-order valence-electron chi connectivity index (χ4n) is 4.78. The minimum atomic E-state index is -0.726. The Morgan fingerprint density at radius 1 is 1.15 bits per heavy atom. The van der Waals surface area contributed by atoms with Gasteiger partial charge in [0.1, 0.15) is 0 Å². The van der Waals surface area contributed by atoms with Gasteiger partial charge in [-0.1, -0.05) is 36.4 Å². The van der Waals surface area contributed by atoms with Crippen molar-refractivity contribution in [2.75, 3.05) is 18.0 Å². The molecule has 2 aromatic carbocycles. The average molecular weight is 352 g/mol. The second-order valence-electron chi connectivity index (χ2n) is 7.29. The van der Waals surface area contributed by atoms with E-state index in [9.17, 15) is 14.7 Å². The summed E-state index contributed by atoms with van der Waals surface area (Å²) in [7, 11) is 0. The summed E-state index contributed by atoms with van der Waals surface area (Å²) in [4.78, 5) is 28.5. The van der Waals surface area contributed by atoms with Crippen molar-refractivity contribution in [2.45, 2.75) is 38.3 Å². The smallest absolute Gasteiger partial charge is 0.308 e. The van der Waals surface area contributed by atoms with E-state index in [1.807, 2.05) is 42.2 Å². The Balaban J connectivity index is 1.58. The Kier molecular flexibility index (Phi) is 4.41. The molecule has 2 aliphatic heterocycles. The molecule has 0 saturated carbocycles. The van der Waals surface area contributed by atoms with Gasteiger partial charge in [0.05, 0.1) is 18.2 Å². The molecule has 5 heteroatoms. The first kappa shape index (κ1) is 17.0. The Bertz CT molecular complexity index is 845. The first-order valence-electron chi connectivity index (χ1n) is 9.36.